The van der Waals surface area contributed by atoms with Gasteiger partial charge in [0.05, 0.1) is 6.04 Å². The van der Waals surface area contributed by atoms with Crippen molar-refractivity contribution in [2.45, 2.75) is 18.9 Å². The van der Waals surface area contributed by atoms with Crippen molar-refractivity contribution < 1.29 is 0 Å². The summed E-state index contributed by atoms with van der Waals surface area (Å²) in [7, 11) is 0. The number of rotatable bonds is 4. The highest BCUT2D eigenvalue weighted by atomic mass is 15.6. The Balaban J connectivity index is 1.64. The summed E-state index contributed by atoms with van der Waals surface area (Å²) in [5, 5.41) is 19.2. The van der Waals surface area contributed by atoms with Crippen molar-refractivity contribution in [1.82, 2.24) is 25.3 Å². The highest BCUT2D eigenvalue weighted by Crippen LogP contribution is 2.42. The Bertz CT molecular complexity index is 719. The number of benzene rings is 1. The molecule has 0 aliphatic heterocycles. The van der Waals surface area contributed by atoms with E-state index < -0.39 is 0 Å². The summed E-state index contributed by atoms with van der Waals surface area (Å²) in [5.74, 6) is 1.48. The van der Waals surface area contributed by atoms with Crippen molar-refractivity contribution >= 4 is 11.5 Å². The predicted molar refractivity (Wildman–Crippen MR) is 74.1 cm³/mol. The van der Waals surface area contributed by atoms with Crippen LogP contribution in [0.15, 0.2) is 42.5 Å². The van der Waals surface area contributed by atoms with E-state index in [4.69, 9.17) is 0 Å². The summed E-state index contributed by atoms with van der Waals surface area (Å²) in [6, 6.07) is 14.6. The topological polar surface area (TPSA) is 68.0 Å². The molecule has 2 heterocycles. The van der Waals surface area contributed by atoms with Gasteiger partial charge in [0.15, 0.2) is 5.65 Å². The van der Waals surface area contributed by atoms with Gasteiger partial charge < -0.3 is 5.32 Å². The molecule has 6 heteroatoms. The van der Waals surface area contributed by atoms with Gasteiger partial charge in [-0.15, -0.1) is 14.8 Å². The van der Waals surface area contributed by atoms with Gasteiger partial charge in [-0.05, 0) is 46.9 Å². The highest BCUT2D eigenvalue weighted by molar-refractivity contribution is 5.44. The van der Waals surface area contributed by atoms with E-state index in [0.717, 1.165) is 5.82 Å². The van der Waals surface area contributed by atoms with Crippen LogP contribution in [-0.4, -0.2) is 25.3 Å². The van der Waals surface area contributed by atoms with E-state index in [2.05, 4.69) is 50.2 Å². The van der Waals surface area contributed by atoms with Crippen LogP contribution in [0.25, 0.3) is 5.65 Å². The monoisotopic (exact) mass is 266 g/mol. The molecule has 3 aromatic rings. The lowest BCUT2D eigenvalue weighted by Crippen LogP contribution is -2.14. The van der Waals surface area contributed by atoms with Crippen molar-refractivity contribution in [2.75, 3.05) is 5.32 Å². The van der Waals surface area contributed by atoms with Crippen LogP contribution in [0.2, 0.25) is 0 Å². The fraction of sp³-hybridized carbons (Fsp3) is 0.286. The largest absolute Gasteiger partial charge is 0.361 e. The van der Waals surface area contributed by atoms with Crippen LogP contribution >= 0.6 is 0 Å². The molecule has 4 rings (SSSR count). The Morgan fingerprint density at radius 1 is 1.10 bits per heavy atom. The first-order valence-corrected chi connectivity index (χ1v) is 6.77. The quantitative estimate of drug-likeness (QED) is 0.783. The summed E-state index contributed by atoms with van der Waals surface area (Å²) in [6.07, 6.45) is 2.53. The molecule has 6 nitrogen and oxygen atoms in total. The fourth-order valence-electron chi connectivity index (χ4n) is 2.45. The first-order chi connectivity index (χ1) is 9.90. The van der Waals surface area contributed by atoms with Gasteiger partial charge in [-0.2, -0.15) is 0 Å². The number of tetrazole rings is 1. The van der Waals surface area contributed by atoms with E-state index in [9.17, 15) is 0 Å². The third-order valence-corrected chi connectivity index (χ3v) is 3.63. The number of hydrogen-bond acceptors (Lipinski definition) is 5. The van der Waals surface area contributed by atoms with Crippen LogP contribution in [0.5, 0.6) is 0 Å². The van der Waals surface area contributed by atoms with Crippen molar-refractivity contribution in [3.05, 3.63) is 48.0 Å². The molecule has 1 aromatic carbocycles. The third kappa shape index (κ3) is 2.09. The number of fused-ring (bicyclic) bond motifs is 1. The minimum absolute atomic E-state index is 0.303. The summed E-state index contributed by atoms with van der Waals surface area (Å²) in [4.78, 5) is 0. The molecule has 1 aliphatic carbocycles. The number of aromatic nitrogens is 5. The zero-order chi connectivity index (χ0) is 13.4. The van der Waals surface area contributed by atoms with Crippen LogP contribution in [0.3, 0.4) is 0 Å². The number of anilines is 1. The zero-order valence-electron chi connectivity index (χ0n) is 10.8. The first kappa shape index (κ1) is 11.3. The van der Waals surface area contributed by atoms with Crippen LogP contribution in [-0.2, 0) is 0 Å². The molecule has 0 amide bonds. The minimum atomic E-state index is 0.303. The lowest BCUT2D eigenvalue weighted by Gasteiger charge is -2.19. The lowest BCUT2D eigenvalue weighted by atomic mass is 10.0. The van der Waals surface area contributed by atoms with Gasteiger partial charge in [0.1, 0.15) is 5.82 Å². The molecule has 1 fully saturated rings. The number of nitrogens with zero attached hydrogens (tertiary/aromatic N) is 5. The molecule has 2 aromatic heterocycles. The van der Waals surface area contributed by atoms with Gasteiger partial charge in [0.25, 0.3) is 0 Å². The van der Waals surface area contributed by atoms with Gasteiger partial charge in [0.2, 0.25) is 0 Å². The molecule has 100 valence electrons. The van der Waals surface area contributed by atoms with Crippen LogP contribution in [0.4, 0.5) is 5.82 Å². The number of hydrogen-bond donors (Lipinski definition) is 1. The van der Waals surface area contributed by atoms with E-state index in [1.807, 2.05) is 18.2 Å². The number of nitrogens with one attached hydrogen (secondary N) is 1. The van der Waals surface area contributed by atoms with Crippen molar-refractivity contribution in [3.8, 4) is 0 Å². The fourth-order valence-corrected chi connectivity index (χ4v) is 2.45. The summed E-state index contributed by atoms with van der Waals surface area (Å²) >= 11 is 0. The molecule has 1 atom stereocenters. The Morgan fingerprint density at radius 2 is 1.95 bits per heavy atom. The Hall–Kier alpha value is -2.50. The summed E-state index contributed by atoms with van der Waals surface area (Å²) < 4.78 is 1.44. The van der Waals surface area contributed by atoms with Crippen LogP contribution < -0.4 is 5.32 Å². The van der Waals surface area contributed by atoms with E-state index in [-0.39, 0.29) is 0 Å². The lowest BCUT2D eigenvalue weighted by molar-refractivity contribution is 0.663. The van der Waals surface area contributed by atoms with Crippen molar-refractivity contribution in [2.24, 2.45) is 5.92 Å². The Kier molecular flexibility index (Phi) is 2.58. The molecule has 1 aliphatic rings. The highest BCUT2D eigenvalue weighted by Gasteiger charge is 2.32. The molecular weight excluding hydrogens is 252 g/mol. The van der Waals surface area contributed by atoms with Gasteiger partial charge in [-0.1, -0.05) is 30.3 Å². The van der Waals surface area contributed by atoms with E-state index in [0.29, 0.717) is 17.6 Å². The standard InChI is InChI=1S/C14H14N6/c1-2-4-10(5-3-1)14(11-6-7-11)15-12-8-9-13-16-18-19-20(13)17-12/h1-5,8-9,11,14H,6-7H2,(H,15,17). The summed E-state index contributed by atoms with van der Waals surface area (Å²) in [6.45, 7) is 0. The molecule has 1 N–H and O–H groups in total. The Morgan fingerprint density at radius 3 is 2.75 bits per heavy atom. The second kappa shape index (κ2) is 4.56. The molecule has 0 bridgehead atoms. The normalized spacial score (nSPS) is 16.2. The smallest absolute Gasteiger partial charge is 0.200 e. The first-order valence-electron chi connectivity index (χ1n) is 6.77. The minimum Gasteiger partial charge on any atom is -0.361 e. The molecule has 0 saturated heterocycles. The molecule has 1 saturated carbocycles. The maximum Gasteiger partial charge on any atom is 0.200 e. The SMILES string of the molecule is c1ccc(C(Nc2ccc3nnnn3n2)C2CC2)cc1. The van der Waals surface area contributed by atoms with E-state index >= 15 is 0 Å². The van der Waals surface area contributed by atoms with Crippen molar-refractivity contribution in [1.29, 1.82) is 0 Å². The van der Waals surface area contributed by atoms with Crippen LogP contribution in [0.1, 0.15) is 24.4 Å². The zero-order valence-corrected chi connectivity index (χ0v) is 10.8. The van der Waals surface area contributed by atoms with Gasteiger partial charge >= 0.3 is 0 Å². The average molecular weight is 266 g/mol. The third-order valence-electron chi connectivity index (χ3n) is 3.63. The van der Waals surface area contributed by atoms with E-state index in [1.54, 1.807) is 0 Å². The van der Waals surface area contributed by atoms with Crippen LogP contribution in [0, 0.1) is 5.92 Å². The second-order valence-corrected chi connectivity index (χ2v) is 5.12. The maximum absolute atomic E-state index is 4.38. The maximum atomic E-state index is 4.38. The Labute approximate surface area is 115 Å². The van der Waals surface area contributed by atoms with Gasteiger partial charge in [-0.25, -0.2) is 0 Å². The van der Waals surface area contributed by atoms with Crippen molar-refractivity contribution in [3.63, 3.8) is 0 Å². The average Bonchev–Trinajstić information content (AvgIpc) is 3.23. The molecule has 20 heavy (non-hydrogen) atoms. The predicted octanol–water partition coefficient (Wildman–Crippen LogP) is 2.08. The molecule has 0 radical (unpaired) electrons. The van der Waals surface area contributed by atoms with Gasteiger partial charge in [-0.3, -0.25) is 0 Å². The molecule has 0 spiro atoms. The summed E-state index contributed by atoms with van der Waals surface area (Å²) in [5.41, 5.74) is 1.95. The van der Waals surface area contributed by atoms with E-state index in [1.165, 1.54) is 23.0 Å². The second-order valence-electron chi connectivity index (χ2n) is 5.12. The molecular formula is C14H14N6. The van der Waals surface area contributed by atoms with Gasteiger partial charge in [0, 0.05) is 0 Å². The molecule has 1 unspecified atom stereocenters.